The molecule has 3 aromatic rings. The molecule has 1 aliphatic heterocycles. The number of nitrogens with zero attached hydrogens (tertiary/aromatic N) is 1. The van der Waals surface area contributed by atoms with Gasteiger partial charge in [-0.3, -0.25) is 14.5 Å². The summed E-state index contributed by atoms with van der Waals surface area (Å²) < 4.78 is 5.51. The van der Waals surface area contributed by atoms with Crippen molar-refractivity contribution in [2.75, 3.05) is 11.5 Å². The number of anilines is 1. The molecular weight excluding hydrogens is 450 g/mol. The van der Waals surface area contributed by atoms with Gasteiger partial charge in [-0.2, -0.15) is 0 Å². The van der Waals surface area contributed by atoms with Crippen LogP contribution < -0.4 is 9.64 Å². The minimum absolute atomic E-state index is 0.0403. The second-order valence-electron chi connectivity index (χ2n) is 8.42. The molecule has 174 valence electrons. The fourth-order valence-electron chi connectivity index (χ4n) is 4.11. The van der Waals surface area contributed by atoms with Crippen LogP contribution in [0.5, 0.6) is 5.75 Å². The van der Waals surface area contributed by atoms with Crippen LogP contribution in [-0.4, -0.2) is 23.4 Å². The van der Waals surface area contributed by atoms with Gasteiger partial charge in [0.25, 0.3) is 11.7 Å². The van der Waals surface area contributed by atoms with Crippen molar-refractivity contribution in [1.29, 1.82) is 0 Å². The van der Waals surface area contributed by atoms with Crippen LogP contribution in [0.25, 0.3) is 5.76 Å². The second-order valence-corrected chi connectivity index (χ2v) is 8.86. The van der Waals surface area contributed by atoms with Gasteiger partial charge in [0.05, 0.1) is 18.2 Å². The molecule has 0 saturated carbocycles. The zero-order valence-corrected chi connectivity index (χ0v) is 20.0. The highest BCUT2D eigenvalue weighted by Crippen LogP contribution is 2.42. The van der Waals surface area contributed by atoms with Crippen molar-refractivity contribution in [3.05, 3.63) is 100 Å². The van der Waals surface area contributed by atoms with Gasteiger partial charge in [0.1, 0.15) is 11.5 Å². The first kappa shape index (κ1) is 23.6. The van der Waals surface area contributed by atoms with Crippen molar-refractivity contribution in [2.24, 2.45) is 0 Å². The summed E-state index contributed by atoms with van der Waals surface area (Å²) in [5.74, 6) is -0.666. The molecule has 1 saturated heterocycles. The van der Waals surface area contributed by atoms with E-state index < -0.39 is 17.7 Å². The fourth-order valence-corrected chi connectivity index (χ4v) is 4.24. The molecule has 0 aliphatic carbocycles. The van der Waals surface area contributed by atoms with Gasteiger partial charge in [0, 0.05) is 16.3 Å². The highest BCUT2D eigenvalue weighted by molar-refractivity contribution is 6.51. The lowest BCUT2D eigenvalue weighted by Gasteiger charge is -2.26. The molecule has 4 rings (SSSR count). The van der Waals surface area contributed by atoms with Crippen molar-refractivity contribution in [1.82, 2.24) is 0 Å². The average Bonchev–Trinajstić information content (AvgIpc) is 3.10. The summed E-state index contributed by atoms with van der Waals surface area (Å²) in [6.45, 7) is 6.61. The Kier molecular flexibility index (Phi) is 6.75. The number of amides is 1. The van der Waals surface area contributed by atoms with E-state index in [1.165, 1.54) is 4.90 Å². The zero-order chi connectivity index (χ0) is 24.4. The number of Topliss-reactive ketones (excluding diaryl/α,β-unsaturated/α-hetero) is 1. The molecule has 5 nitrogen and oxygen atoms in total. The summed E-state index contributed by atoms with van der Waals surface area (Å²) in [6.07, 6.45) is 0. The molecule has 1 heterocycles. The van der Waals surface area contributed by atoms with Crippen molar-refractivity contribution in [3.63, 3.8) is 0 Å². The molecule has 1 fully saturated rings. The predicted octanol–water partition coefficient (Wildman–Crippen LogP) is 6.49. The van der Waals surface area contributed by atoms with Crippen LogP contribution in [0.4, 0.5) is 5.69 Å². The van der Waals surface area contributed by atoms with E-state index in [4.69, 9.17) is 16.3 Å². The number of aliphatic hydroxyl groups excluding tert-OH is 1. The van der Waals surface area contributed by atoms with Gasteiger partial charge < -0.3 is 9.84 Å². The van der Waals surface area contributed by atoms with Crippen molar-refractivity contribution < 1.29 is 19.4 Å². The van der Waals surface area contributed by atoms with Gasteiger partial charge >= 0.3 is 0 Å². The summed E-state index contributed by atoms with van der Waals surface area (Å²) in [6, 6.07) is 20.5. The predicted molar refractivity (Wildman–Crippen MR) is 134 cm³/mol. The quantitative estimate of drug-likeness (QED) is 0.251. The molecule has 1 atom stereocenters. The lowest BCUT2D eigenvalue weighted by atomic mass is 9.93. The van der Waals surface area contributed by atoms with Crippen molar-refractivity contribution >= 4 is 34.7 Å². The molecule has 0 radical (unpaired) electrons. The Morgan fingerprint density at radius 2 is 1.59 bits per heavy atom. The Labute approximate surface area is 204 Å². The van der Waals surface area contributed by atoms with Crippen LogP contribution in [0.2, 0.25) is 5.02 Å². The number of carbonyl (C=O) groups excluding carboxylic acids is 2. The minimum Gasteiger partial charge on any atom is -0.507 e. The van der Waals surface area contributed by atoms with Crippen molar-refractivity contribution in [2.45, 2.75) is 32.7 Å². The van der Waals surface area contributed by atoms with Gasteiger partial charge in [-0.05, 0) is 72.5 Å². The normalized spacial score (nSPS) is 17.4. The standard InChI is InChI=1S/C28H26ClNO4/c1-4-34-23-15-13-22(14-16-23)30-25(19-7-5-18(6-8-19)17(2)3)24(27(32)28(30)33)26(31)20-9-11-21(29)12-10-20/h5-17,25,31H,4H2,1-3H3/b26-24-. The number of hydrogen-bond acceptors (Lipinski definition) is 4. The van der Waals surface area contributed by atoms with Gasteiger partial charge in [0.2, 0.25) is 0 Å². The number of rotatable bonds is 6. The number of carbonyl (C=O) groups is 2. The number of halogens is 1. The number of benzene rings is 3. The Bertz CT molecular complexity index is 1230. The Morgan fingerprint density at radius 1 is 0.971 bits per heavy atom. The second kappa shape index (κ2) is 9.74. The molecule has 3 aromatic carbocycles. The number of aliphatic hydroxyl groups is 1. The molecule has 6 heteroatoms. The highest BCUT2D eigenvalue weighted by Gasteiger charge is 2.47. The fraction of sp³-hybridized carbons (Fsp3) is 0.214. The van der Waals surface area contributed by atoms with Crippen LogP contribution in [0.1, 0.15) is 49.4 Å². The minimum atomic E-state index is -0.783. The maximum atomic E-state index is 13.3. The number of hydrogen-bond donors (Lipinski definition) is 1. The first-order chi connectivity index (χ1) is 16.3. The van der Waals surface area contributed by atoms with E-state index in [1.807, 2.05) is 31.2 Å². The molecule has 1 aliphatic rings. The summed E-state index contributed by atoms with van der Waals surface area (Å²) in [5, 5.41) is 11.7. The first-order valence-corrected chi connectivity index (χ1v) is 11.6. The topological polar surface area (TPSA) is 66.8 Å². The molecule has 1 unspecified atom stereocenters. The smallest absolute Gasteiger partial charge is 0.300 e. The third-order valence-corrected chi connectivity index (χ3v) is 6.16. The van der Waals surface area contributed by atoms with Crippen molar-refractivity contribution in [3.8, 4) is 5.75 Å². The Morgan fingerprint density at radius 3 is 2.15 bits per heavy atom. The van der Waals surface area contributed by atoms with Gasteiger partial charge in [-0.1, -0.05) is 49.7 Å². The maximum absolute atomic E-state index is 13.3. The molecule has 34 heavy (non-hydrogen) atoms. The SMILES string of the molecule is CCOc1ccc(N2C(=O)C(=O)/C(=C(\O)c3ccc(Cl)cc3)C2c2ccc(C(C)C)cc2)cc1. The van der Waals surface area contributed by atoms with E-state index >= 15 is 0 Å². The van der Waals surface area contributed by atoms with Gasteiger partial charge in [0.15, 0.2) is 0 Å². The summed E-state index contributed by atoms with van der Waals surface area (Å²) in [4.78, 5) is 27.9. The van der Waals surface area contributed by atoms with Crippen LogP contribution in [-0.2, 0) is 9.59 Å². The molecule has 0 bridgehead atoms. The Balaban J connectivity index is 1.87. The monoisotopic (exact) mass is 475 g/mol. The molecule has 0 spiro atoms. The van der Waals surface area contributed by atoms with Crippen LogP contribution in [0.3, 0.4) is 0 Å². The maximum Gasteiger partial charge on any atom is 0.300 e. The summed E-state index contributed by atoms with van der Waals surface area (Å²) >= 11 is 5.99. The van der Waals surface area contributed by atoms with Gasteiger partial charge in [-0.25, -0.2) is 0 Å². The molecule has 0 aromatic heterocycles. The van der Waals surface area contributed by atoms with Crippen LogP contribution in [0.15, 0.2) is 78.4 Å². The highest BCUT2D eigenvalue weighted by atomic mass is 35.5. The van der Waals surface area contributed by atoms with E-state index in [-0.39, 0.29) is 11.3 Å². The lowest BCUT2D eigenvalue weighted by Crippen LogP contribution is -2.29. The van der Waals surface area contributed by atoms with E-state index in [0.717, 1.165) is 11.1 Å². The summed E-state index contributed by atoms with van der Waals surface area (Å²) in [5.41, 5.74) is 2.86. The first-order valence-electron chi connectivity index (χ1n) is 11.2. The van der Waals surface area contributed by atoms with E-state index in [9.17, 15) is 14.7 Å². The average molecular weight is 476 g/mol. The van der Waals surface area contributed by atoms with E-state index in [2.05, 4.69) is 13.8 Å². The van der Waals surface area contributed by atoms with Crippen LogP contribution >= 0.6 is 11.6 Å². The molecule has 1 N–H and O–H groups in total. The van der Waals surface area contributed by atoms with E-state index in [0.29, 0.717) is 34.5 Å². The van der Waals surface area contributed by atoms with Gasteiger partial charge in [-0.15, -0.1) is 0 Å². The molecule has 1 amide bonds. The van der Waals surface area contributed by atoms with Crippen LogP contribution in [0, 0.1) is 0 Å². The summed E-state index contributed by atoms with van der Waals surface area (Å²) in [7, 11) is 0. The Hall–Kier alpha value is -3.57. The van der Waals surface area contributed by atoms with E-state index in [1.54, 1.807) is 48.5 Å². The number of ketones is 1. The lowest BCUT2D eigenvalue weighted by molar-refractivity contribution is -0.132. The zero-order valence-electron chi connectivity index (χ0n) is 19.3. The number of ether oxygens (including phenoxy) is 1. The third kappa shape index (κ3) is 4.44. The third-order valence-electron chi connectivity index (χ3n) is 5.91. The largest absolute Gasteiger partial charge is 0.507 e. The molecular formula is C28H26ClNO4.